The molecular formula is C25H24F3N5O5. The molecule has 4 rings (SSSR count). The van der Waals surface area contributed by atoms with Crippen LogP contribution in [0, 0.1) is 11.3 Å². The van der Waals surface area contributed by atoms with Crippen LogP contribution in [0.5, 0.6) is 0 Å². The second-order valence-corrected chi connectivity index (χ2v) is 8.78. The molecule has 1 aliphatic carbocycles. The van der Waals surface area contributed by atoms with E-state index in [1.54, 1.807) is 13.0 Å². The minimum atomic E-state index is -4.55. The number of nitrogens with zero attached hydrogens (tertiary/aromatic N) is 3. The quantitative estimate of drug-likeness (QED) is 0.556. The molecule has 2 aliphatic heterocycles. The van der Waals surface area contributed by atoms with Crippen LogP contribution in [0.25, 0.3) is 0 Å². The fourth-order valence-corrected chi connectivity index (χ4v) is 4.98. The zero-order valence-corrected chi connectivity index (χ0v) is 20.6. The third-order valence-corrected chi connectivity index (χ3v) is 6.71. The number of ether oxygens (including phenoxy) is 2. The molecule has 0 aromatic heterocycles. The highest BCUT2D eigenvalue weighted by Gasteiger charge is 2.51. The van der Waals surface area contributed by atoms with Gasteiger partial charge in [-0.1, -0.05) is 24.3 Å². The first-order valence-electron chi connectivity index (χ1n) is 11.5. The van der Waals surface area contributed by atoms with Gasteiger partial charge in [0.2, 0.25) is 0 Å². The lowest BCUT2D eigenvalue weighted by molar-refractivity contribution is -0.140. The van der Waals surface area contributed by atoms with Crippen LogP contribution in [0.3, 0.4) is 0 Å². The lowest BCUT2D eigenvalue weighted by Gasteiger charge is -2.48. The Morgan fingerprint density at radius 1 is 1.21 bits per heavy atom. The maximum atomic E-state index is 13.5. The molecule has 13 heteroatoms. The number of hydrogen-bond acceptors (Lipinski definition) is 8. The van der Waals surface area contributed by atoms with E-state index in [9.17, 15) is 32.8 Å². The Labute approximate surface area is 215 Å². The molecule has 38 heavy (non-hydrogen) atoms. The van der Waals surface area contributed by atoms with Crippen LogP contribution in [-0.4, -0.2) is 60.5 Å². The maximum Gasteiger partial charge on any atom is 0.412 e. The third-order valence-electron chi connectivity index (χ3n) is 6.71. The lowest BCUT2D eigenvalue weighted by atomic mass is 9.87. The van der Waals surface area contributed by atoms with Gasteiger partial charge < -0.3 is 14.4 Å². The fraction of sp³-hybridized carbons (Fsp3) is 0.360. The van der Waals surface area contributed by atoms with Crippen molar-refractivity contribution in [3.8, 4) is 6.07 Å². The van der Waals surface area contributed by atoms with E-state index in [2.05, 4.69) is 10.9 Å². The van der Waals surface area contributed by atoms with Crippen LogP contribution in [0.1, 0.15) is 36.1 Å². The lowest BCUT2D eigenvalue weighted by Crippen LogP contribution is -2.59. The van der Waals surface area contributed by atoms with E-state index >= 15 is 0 Å². The van der Waals surface area contributed by atoms with Crippen molar-refractivity contribution < 1.29 is 37.0 Å². The molecule has 0 spiro atoms. The van der Waals surface area contributed by atoms with Crippen molar-refractivity contribution in [2.45, 2.75) is 44.3 Å². The van der Waals surface area contributed by atoms with Gasteiger partial charge in [0.1, 0.15) is 0 Å². The van der Waals surface area contributed by atoms with Gasteiger partial charge in [-0.15, -0.1) is 0 Å². The molecule has 3 aliphatic rings. The van der Waals surface area contributed by atoms with E-state index in [0.29, 0.717) is 11.1 Å². The SMILES string of the molecule is COC(=O)Cc1cc(C#N)ccc1C1C(C(=O)OC)=C(C)N(C2C=CC=C(C(F)(F)F)C2)C2NNC(=O)N12. The van der Waals surface area contributed by atoms with Crippen LogP contribution >= 0.6 is 0 Å². The number of nitrogens with one attached hydrogen (secondary N) is 2. The van der Waals surface area contributed by atoms with Crippen LogP contribution in [-0.2, 0) is 25.5 Å². The van der Waals surface area contributed by atoms with Gasteiger partial charge in [0, 0.05) is 17.7 Å². The van der Waals surface area contributed by atoms with E-state index in [1.165, 1.54) is 41.2 Å². The first-order chi connectivity index (χ1) is 18.0. The molecule has 0 radical (unpaired) electrons. The van der Waals surface area contributed by atoms with Crippen molar-refractivity contribution in [1.82, 2.24) is 20.7 Å². The molecule has 3 atom stereocenters. The molecule has 1 aromatic rings. The Hall–Kier alpha value is -4.31. The van der Waals surface area contributed by atoms with Crippen molar-refractivity contribution in [3.63, 3.8) is 0 Å². The number of halogens is 3. The zero-order chi connectivity index (χ0) is 27.8. The first-order valence-corrected chi connectivity index (χ1v) is 11.5. The van der Waals surface area contributed by atoms with Crippen LogP contribution in [0.15, 0.2) is 53.3 Å². The molecule has 1 fully saturated rings. The molecule has 3 unspecified atom stereocenters. The van der Waals surface area contributed by atoms with Crippen LogP contribution in [0.2, 0.25) is 0 Å². The Bertz CT molecular complexity index is 1310. The highest BCUT2D eigenvalue weighted by molar-refractivity contribution is 5.93. The fourth-order valence-electron chi connectivity index (χ4n) is 4.98. The van der Waals surface area contributed by atoms with Gasteiger partial charge in [-0.25, -0.2) is 9.59 Å². The number of nitriles is 1. The van der Waals surface area contributed by atoms with Gasteiger partial charge in [-0.2, -0.15) is 23.9 Å². The molecule has 200 valence electrons. The van der Waals surface area contributed by atoms with Crippen LogP contribution in [0.4, 0.5) is 18.0 Å². The van der Waals surface area contributed by atoms with E-state index in [0.717, 1.165) is 13.2 Å². The summed E-state index contributed by atoms with van der Waals surface area (Å²) < 4.78 is 50.4. The van der Waals surface area contributed by atoms with Crippen molar-refractivity contribution in [3.05, 3.63) is 70.0 Å². The molecular weight excluding hydrogens is 507 g/mol. The number of amides is 2. The summed E-state index contributed by atoms with van der Waals surface area (Å²) >= 11 is 0. The summed E-state index contributed by atoms with van der Waals surface area (Å²) in [6.07, 6.45) is -2.38. The second-order valence-electron chi connectivity index (χ2n) is 8.78. The average molecular weight is 531 g/mol. The number of hydrazine groups is 1. The smallest absolute Gasteiger partial charge is 0.412 e. The summed E-state index contributed by atoms with van der Waals surface area (Å²) in [7, 11) is 2.35. The first kappa shape index (κ1) is 26.7. The number of allylic oxidation sites excluding steroid dienone is 3. The minimum absolute atomic E-state index is 0.00469. The van der Waals surface area contributed by atoms with Gasteiger partial charge in [-0.3, -0.25) is 15.1 Å². The normalized spacial score (nSPS) is 22.9. The number of benzene rings is 1. The van der Waals surface area contributed by atoms with Gasteiger partial charge in [-0.05, 0) is 30.2 Å². The van der Waals surface area contributed by atoms with Crippen molar-refractivity contribution in [2.75, 3.05) is 14.2 Å². The predicted octanol–water partition coefficient (Wildman–Crippen LogP) is 2.71. The number of alkyl halides is 3. The third kappa shape index (κ3) is 4.70. The average Bonchev–Trinajstić information content (AvgIpc) is 3.27. The van der Waals surface area contributed by atoms with E-state index in [-0.39, 0.29) is 23.3 Å². The van der Waals surface area contributed by atoms with Crippen molar-refractivity contribution in [1.29, 1.82) is 5.26 Å². The van der Waals surface area contributed by atoms with Gasteiger partial charge in [0.15, 0.2) is 6.29 Å². The van der Waals surface area contributed by atoms with E-state index in [1.807, 2.05) is 6.07 Å². The molecule has 2 amide bonds. The molecule has 2 heterocycles. The summed E-state index contributed by atoms with van der Waals surface area (Å²) in [5.74, 6) is -1.42. The summed E-state index contributed by atoms with van der Waals surface area (Å²) in [4.78, 5) is 41.3. The topological polar surface area (TPSA) is 124 Å². The molecule has 2 N–H and O–H groups in total. The van der Waals surface area contributed by atoms with E-state index in [4.69, 9.17) is 9.47 Å². The maximum absolute atomic E-state index is 13.5. The molecule has 1 saturated heterocycles. The molecule has 0 bridgehead atoms. The zero-order valence-electron chi connectivity index (χ0n) is 20.6. The Morgan fingerprint density at radius 2 is 1.95 bits per heavy atom. The Balaban J connectivity index is 1.90. The van der Waals surface area contributed by atoms with E-state index < -0.39 is 54.5 Å². The van der Waals surface area contributed by atoms with Crippen molar-refractivity contribution in [2.24, 2.45) is 0 Å². The number of hydrogen-bond donors (Lipinski definition) is 2. The number of esters is 2. The monoisotopic (exact) mass is 531 g/mol. The Morgan fingerprint density at radius 3 is 2.58 bits per heavy atom. The largest absolute Gasteiger partial charge is 0.469 e. The summed E-state index contributed by atoms with van der Waals surface area (Å²) in [5.41, 5.74) is 5.72. The van der Waals surface area contributed by atoms with Crippen molar-refractivity contribution >= 4 is 18.0 Å². The number of urea groups is 1. The number of fused-ring (bicyclic) bond motifs is 1. The van der Waals surface area contributed by atoms with Gasteiger partial charge >= 0.3 is 24.1 Å². The summed E-state index contributed by atoms with van der Waals surface area (Å²) in [6, 6.07) is 3.84. The number of rotatable bonds is 5. The van der Waals surface area contributed by atoms with Crippen LogP contribution < -0.4 is 10.9 Å². The van der Waals surface area contributed by atoms with Gasteiger partial charge in [0.05, 0.1) is 49.9 Å². The standard InChI is InChI=1S/C25H24F3N5O5/c1-13-20(22(35)38-3)21(18-8-7-14(12-29)9-15(18)10-19(34)37-2)33-23(30-31-24(33)36)32(13)17-6-4-5-16(11-17)25(26,27)28/h4-9,17,21,23,30H,10-11H2,1-3H3,(H,31,36). The number of carbonyl (C=O) groups is 3. The summed E-state index contributed by atoms with van der Waals surface area (Å²) in [5, 5.41) is 9.39. The number of carbonyl (C=O) groups excluding carboxylic acids is 3. The Kier molecular flexibility index (Phi) is 7.19. The molecule has 0 saturated carbocycles. The minimum Gasteiger partial charge on any atom is -0.469 e. The highest BCUT2D eigenvalue weighted by Crippen LogP contribution is 2.44. The second kappa shape index (κ2) is 10.2. The highest BCUT2D eigenvalue weighted by atomic mass is 19.4. The molecule has 1 aromatic carbocycles. The summed E-state index contributed by atoms with van der Waals surface area (Å²) in [6.45, 7) is 1.56. The number of methoxy groups -OCH3 is 2. The predicted molar refractivity (Wildman–Crippen MR) is 125 cm³/mol. The van der Waals surface area contributed by atoms with Gasteiger partial charge in [0.25, 0.3) is 0 Å². The molecule has 10 nitrogen and oxygen atoms in total.